The first kappa shape index (κ1) is 6.66. The first-order chi connectivity index (χ1) is 4.83. The van der Waals surface area contributed by atoms with E-state index in [1.54, 1.807) is 0 Å². The van der Waals surface area contributed by atoms with Crippen molar-refractivity contribution in [2.75, 3.05) is 6.61 Å². The third kappa shape index (κ3) is 0.731. The number of hydrogen-bond donors (Lipinski definition) is 1. The van der Waals surface area contributed by atoms with Crippen LogP contribution in [-0.4, -0.2) is 11.7 Å². The minimum absolute atomic E-state index is 0.433. The molecule has 1 N–H and O–H groups in total. The predicted molar refractivity (Wildman–Crippen MR) is 40.6 cm³/mol. The van der Waals surface area contributed by atoms with E-state index in [0.717, 1.165) is 17.8 Å². The van der Waals surface area contributed by atoms with E-state index in [9.17, 15) is 0 Å². The molecule has 2 fully saturated rings. The minimum Gasteiger partial charge on any atom is -0.396 e. The lowest BCUT2D eigenvalue weighted by Gasteiger charge is -2.25. The molecule has 4 atom stereocenters. The maximum absolute atomic E-state index is 9.06. The Morgan fingerprint density at radius 3 is 2.40 bits per heavy atom. The van der Waals surface area contributed by atoms with Gasteiger partial charge in [-0.2, -0.15) is 0 Å². The Morgan fingerprint density at radius 1 is 1.30 bits per heavy atom. The van der Waals surface area contributed by atoms with Gasteiger partial charge in [-0.1, -0.05) is 6.92 Å². The average Bonchev–Trinajstić information content (AvgIpc) is 2.46. The van der Waals surface area contributed by atoms with Crippen LogP contribution in [0.25, 0.3) is 0 Å². The molecule has 2 aliphatic carbocycles. The van der Waals surface area contributed by atoms with E-state index in [2.05, 4.69) is 6.92 Å². The fourth-order valence-corrected chi connectivity index (χ4v) is 3.01. The molecule has 58 valence electrons. The third-order valence-corrected chi connectivity index (χ3v) is 3.75. The standard InChI is InChI=1S/C9H16O/c1-6-7-2-3-8(4-7)9(6)5-10/h6-10H,2-5H2,1H3/t6-,7+,8+,9-/m1/s1. The molecule has 0 saturated heterocycles. The Hall–Kier alpha value is -0.0400. The lowest BCUT2D eigenvalue weighted by Crippen LogP contribution is -2.22. The first-order valence-electron chi connectivity index (χ1n) is 4.43. The number of hydrogen-bond acceptors (Lipinski definition) is 1. The average molecular weight is 140 g/mol. The molecule has 0 aromatic heterocycles. The van der Waals surface area contributed by atoms with Gasteiger partial charge in [-0.25, -0.2) is 0 Å². The zero-order valence-corrected chi connectivity index (χ0v) is 6.59. The zero-order chi connectivity index (χ0) is 7.14. The van der Waals surface area contributed by atoms with Gasteiger partial charge in [0.2, 0.25) is 0 Å². The molecule has 0 amide bonds. The molecule has 0 heterocycles. The molecule has 0 aliphatic heterocycles. The molecule has 2 rings (SSSR count). The summed E-state index contributed by atoms with van der Waals surface area (Å²) in [5.41, 5.74) is 0. The lowest BCUT2D eigenvalue weighted by molar-refractivity contribution is 0.134. The normalized spacial score (nSPS) is 52.2. The smallest absolute Gasteiger partial charge is 0.0464 e. The van der Waals surface area contributed by atoms with Crippen molar-refractivity contribution >= 4 is 0 Å². The molecule has 2 aliphatic rings. The second-order valence-corrected chi connectivity index (χ2v) is 4.04. The van der Waals surface area contributed by atoms with Crippen molar-refractivity contribution in [3.63, 3.8) is 0 Å². The summed E-state index contributed by atoms with van der Waals surface area (Å²) in [5.74, 6) is 3.30. The Labute approximate surface area is 62.4 Å². The number of fused-ring (bicyclic) bond motifs is 2. The first-order valence-corrected chi connectivity index (χ1v) is 4.43. The van der Waals surface area contributed by atoms with Gasteiger partial charge in [0.1, 0.15) is 0 Å². The number of aliphatic hydroxyl groups excluding tert-OH is 1. The summed E-state index contributed by atoms with van der Waals surface area (Å²) in [6.07, 6.45) is 4.23. The van der Waals surface area contributed by atoms with Crippen molar-refractivity contribution < 1.29 is 5.11 Å². The van der Waals surface area contributed by atoms with Gasteiger partial charge in [0.25, 0.3) is 0 Å². The van der Waals surface area contributed by atoms with Crippen molar-refractivity contribution in [1.29, 1.82) is 0 Å². The van der Waals surface area contributed by atoms with Crippen molar-refractivity contribution in [3.05, 3.63) is 0 Å². The van der Waals surface area contributed by atoms with Crippen LogP contribution in [0.5, 0.6) is 0 Å². The van der Waals surface area contributed by atoms with Gasteiger partial charge in [0.05, 0.1) is 0 Å². The Kier molecular flexibility index (Phi) is 1.48. The van der Waals surface area contributed by atoms with Crippen LogP contribution in [0.1, 0.15) is 26.2 Å². The molecule has 0 aromatic carbocycles. The molecule has 2 bridgehead atoms. The quantitative estimate of drug-likeness (QED) is 0.587. The molecule has 0 unspecified atom stereocenters. The van der Waals surface area contributed by atoms with E-state index in [1.165, 1.54) is 19.3 Å². The molecule has 1 nitrogen and oxygen atoms in total. The van der Waals surface area contributed by atoms with E-state index in [-0.39, 0.29) is 0 Å². The molecule has 0 spiro atoms. The molecular weight excluding hydrogens is 124 g/mol. The van der Waals surface area contributed by atoms with Crippen LogP contribution in [-0.2, 0) is 0 Å². The Balaban J connectivity index is 2.10. The fourth-order valence-electron chi connectivity index (χ4n) is 3.01. The molecule has 10 heavy (non-hydrogen) atoms. The summed E-state index contributed by atoms with van der Waals surface area (Å²) in [7, 11) is 0. The SMILES string of the molecule is C[C@@H]1[C@H]2CC[C@@H](C2)[C@@H]1CO. The number of rotatable bonds is 1. The van der Waals surface area contributed by atoms with Gasteiger partial charge >= 0.3 is 0 Å². The van der Waals surface area contributed by atoms with E-state index in [1.807, 2.05) is 0 Å². The fraction of sp³-hybridized carbons (Fsp3) is 1.00. The van der Waals surface area contributed by atoms with Gasteiger partial charge in [-0.05, 0) is 42.9 Å². The molecular formula is C9H16O. The van der Waals surface area contributed by atoms with Crippen molar-refractivity contribution in [2.24, 2.45) is 23.7 Å². The topological polar surface area (TPSA) is 20.2 Å². The summed E-state index contributed by atoms with van der Waals surface area (Å²) >= 11 is 0. The highest BCUT2D eigenvalue weighted by Crippen LogP contribution is 2.51. The molecule has 0 radical (unpaired) electrons. The van der Waals surface area contributed by atoms with E-state index >= 15 is 0 Å². The van der Waals surface area contributed by atoms with E-state index in [4.69, 9.17) is 5.11 Å². The van der Waals surface area contributed by atoms with Gasteiger partial charge in [-0.3, -0.25) is 0 Å². The summed E-state index contributed by atoms with van der Waals surface area (Å²) in [6.45, 7) is 2.74. The van der Waals surface area contributed by atoms with E-state index in [0.29, 0.717) is 12.5 Å². The van der Waals surface area contributed by atoms with Crippen LogP contribution in [0.15, 0.2) is 0 Å². The monoisotopic (exact) mass is 140 g/mol. The Morgan fingerprint density at radius 2 is 2.00 bits per heavy atom. The van der Waals surface area contributed by atoms with Crippen molar-refractivity contribution in [1.82, 2.24) is 0 Å². The molecule has 1 heteroatoms. The highest BCUT2D eigenvalue weighted by molar-refractivity contribution is 4.93. The summed E-state index contributed by atoms with van der Waals surface area (Å²) < 4.78 is 0. The lowest BCUT2D eigenvalue weighted by atomic mass is 9.81. The van der Waals surface area contributed by atoms with Crippen molar-refractivity contribution in [3.8, 4) is 0 Å². The second kappa shape index (κ2) is 2.23. The molecule has 2 saturated carbocycles. The van der Waals surface area contributed by atoms with Gasteiger partial charge < -0.3 is 5.11 Å². The van der Waals surface area contributed by atoms with Crippen LogP contribution < -0.4 is 0 Å². The van der Waals surface area contributed by atoms with Crippen molar-refractivity contribution in [2.45, 2.75) is 26.2 Å². The minimum atomic E-state index is 0.433. The predicted octanol–water partition coefficient (Wildman–Crippen LogP) is 1.66. The van der Waals surface area contributed by atoms with Gasteiger partial charge in [0.15, 0.2) is 0 Å². The van der Waals surface area contributed by atoms with Crippen LogP contribution in [0, 0.1) is 23.7 Å². The van der Waals surface area contributed by atoms with Crippen LogP contribution >= 0.6 is 0 Å². The maximum Gasteiger partial charge on any atom is 0.0464 e. The largest absolute Gasteiger partial charge is 0.396 e. The third-order valence-electron chi connectivity index (χ3n) is 3.75. The zero-order valence-electron chi connectivity index (χ0n) is 6.59. The van der Waals surface area contributed by atoms with Gasteiger partial charge in [-0.15, -0.1) is 0 Å². The summed E-state index contributed by atoms with van der Waals surface area (Å²) in [4.78, 5) is 0. The van der Waals surface area contributed by atoms with E-state index < -0.39 is 0 Å². The summed E-state index contributed by atoms with van der Waals surface area (Å²) in [5, 5.41) is 9.06. The van der Waals surface area contributed by atoms with Gasteiger partial charge in [0, 0.05) is 6.61 Å². The second-order valence-electron chi connectivity index (χ2n) is 4.04. The number of aliphatic hydroxyl groups is 1. The Bertz CT molecular complexity index is 131. The van der Waals surface area contributed by atoms with Crippen LogP contribution in [0.4, 0.5) is 0 Å². The van der Waals surface area contributed by atoms with Crippen LogP contribution in [0.3, 0.4) is 0 Å². The van der Waals surface area contributed by atoms with Crippen LogP contribution in [0.2, 0.25) is 0 Å². The highest BCUT2D eigenvalue weighted by Gasteiger charge is 2.44. The maximum atomic E-state index is 9.06. The highest BCUT2D eigenvalue weighted by atomic mass is 16.3. The summed E-state index contributed by atoms with van der Waals surface area (Å²) in [6, 6.07) is 0. The molecule has 0 aromatic rings.